The summed E-state index contributed by atoms with van der Waals surface area (Å²) in [5.41, 5.74) is 0. The van der Waals surface area contributed by atoms with Crippen LogP contribution < -0.4 is 18.9 Å². The molecule has 9 heteroatoms. The first-order chi connectivity index (χ1) is 15.4. The maximum absolute atomic E-state index is 13.1. The molecule has 0 bridgehead atoms. The van der Waals surface area contributed by atoms with E-state index in [-0.39, 0.29) is 29.9 Å². The molecule has 1 fully saturated rings. The molecule has 0 amide bonds. The van der Waals surface area contributed by atoms with Crippen molar-refractivity contribution in [1.82, 2.24) is 4.31 Å². The Balaban J connectivity index is 1.64. The summed E-state index contributed by atoms with van der Waals surface area (Å²) in [5.74, 6) is 0.946. The normalized spacial score (nSPS) is 15.2. The number of esters is 1. The van der Waals surface area contributed by atoms with Crippen molar-refractivity contribution in [2.75, 3.05) is 33.9 Å². The summed E-state index contributed by atoms with van der Waals surface area (Å²) >= 11 is 0. The highest BCUT2D eigenvalue weighted by Crippen LogP contribution is 2.33. The molecule has 3 rings (SSSR count). The molecule has 1 aliphatic rings. The zero-order chi connectivity index (χ0) is 23.1. The smallest absolute Gasteiger partial charge is 0.314 e. The number of piperidine rings is 1. The first-order valence-electron chi connectivity index (χ1n) is 10.6. The van der Waals surface area contributed by atoms with E-state index in [0.717, 1.165) is 6.42 Å². The molecule has 0 aliphatic carbocycles. The lowest BCUT2D eigenvalue weighted by Crippen LogP contribution is -2.41. The third-order valence-electron chi connectivity index (χ3n) is 5.30. The van der Waals surface area contributed by atoms with Gasteiger partial charge in [-0.2, -0.15) is 4.31 Å². The molecular formula is C23H29NO7S. The molecule has 2 aromatic carbocycles. The molecule has 0 spiro atoms. The second-order valence-electron chi connectivity index (χ2n) is 7.41. The van der Waals surface area contributed by atoms with E-state index in [0.29, 0.717) is 42.4 Å². The highest BCUT2D eigenvalue weighted by Gasteiger charge is 2.33. The number of hydrogen-bond donors (Lipinski definition) is 0. The quantitative estimate of drug-likeness (QED) is 0.415. The fourth-order valence-electron chi connectivity index (χ4n) is 3.52. The van der Waals surface area contributed by atoms with E-state index in [1.807, 2.05) is 13.0 Å². The molecule has 0 radical (unpaired) electrons. The summed E-state index contributed by atoms with van der Waals surface area (Å²) in [6.45, 7) is 2.98. The molecule has 1 aliphatic heterocycles. The van der Waals surface area contributed by atoms with Gasteiger partial charge in [0.05, 0.1) is 31.6 Å². The Morgan fingerprint density at radius 2 is 1.62 bits per heavy atom. The van der Waals surface area contributed by atoms with Crippen LogP contribution in [0.2, 0.25) is 0 Å². The van der Waals surface area contributed by atoms with Gasteiger partial charge >= 0.3 is 5.97 Å². The third kappa shape index (κ3) is 5.34. The summed E-state index contributed by atoms with van der Waals surface area (Å²) < 4.78 is 49.1. The number of carbonyl (C=O) groups is 1. The molecular weight excluding hydrogens is 434 g/mol. The van der Waals surface area contributed by atoms with Crippen molar-refractivity contribution in [3.05, 3.63) is 42.5 Å². The minimum Gasteiger partial charge on any atom is -0.493 e. The van der Waals surface area contributed by atoms with Gasteiger partial charge in [0.2, 0.25) is 10.0 Å². The second kappa shape index (κ2) is 10.7. The van der Waals surface area contributed by atoms with E-state index in [2.05, 4.69) is 0 Å². The molecule has 2 aromatic rings. The van der Waals surface area contributed by atoms with Crippen molar-refractivity contribution in [1.29, 1.82) is 0 Å². The summed E-state index contributed by atoms with van der Waals surface area (Å²) in [5, 5.41) is 0. The van der Waals surface area contributed by atoms with E-state index in [4.69, 9.17) is 18.9 Å². The predicted molar refractivity (Wildman–Crippen MR) is 119 cm³/mol. The number of methoxy groups -OCH3 is 2. The van der Waals surface area contributed by atoms with Gasteiger partial charge < -0.3 is 18.9 Å². The average molecular weight is 464 g/mol. The largest absolute Gasteiger partial charge is 0.493 e. The molecule has 32 heavy (non-hydrogen) atoms. The lowest BCUT2D eigenvalue weighted by molar-refractivity contribution is -0.140. The van der Waals surface area contributed by atoms with Crippen molar-refractivity contribution in [2.24, 2.45) is 5.92 Å². The standard InChI is InChI=1S/C23H29NO7S/c1-4-15-30-20-7-5-6-8-21(20)31-23(25)17-11-13-24(14-12-17)32(26,27)18-9-10-19(28-2)22(16-18)29-3/h5-10,16-17H,4,11-15H2,1-3H3. The average Bonchev–Trinajstić information content (AvgIpc) is 2.83. The second-order valence-corrected chi connectivity index (χ2v) is 9.35. The monoisotopic (exact) mass is 463 g/mol. The Hall–Kier alpha value is -2.78. The molecule has 174 valence electrons. The van der Waals surface area contributed by atoms with Crippen molar-refractivity contribution in [3.63, 3.8) is 0 Å². The highest BCUT2D eigenvalue weighted by atomic mass is 32.2. The van der Waals surface area contributed by atoms with E-state index < -0.39 is 10.0 Å². The molecule has 0 unspecified atom stereocenters. The summed E-state index contributed by atoms with van der Waals surface area (Å²) in [4.78, 5) is 12.8. The van der Waals surface area contributed by atoms with Crippen molar-refractivity contribution < 1.29 is 32.2 Å². The van der Waals surface area contributed by atoms with Crippen LogP contribution in [0, 0.1) is 5.92 Å². The minimum absolute atomic E-state index is 0.123. The topological polar surface area (TPSA) is 91.4 Å². The fraction of sp³-hybridized carbons (Fsp3) is 0.435. The maximum Gasteiger partial charge on any atom is 0.314 e. The number of nitrogens with zero attached hydrogens (tertiary/aromatic N) is 1. The van der Waals surface area contributed by atoms with Crippen LogP contribution in [-0.2, 0) is 14.8 Å². The number of ether oxygens (including phenoxy) is 4. The van der Waals surface area contributed by atoms with Crippen LogP contribution in [0.1, 0.15) is 26.2 Å². The maximum atomic E-state index is 13.1. The molecule has 0 N–H and O–H groups in total. The van der Waals surface area contributed by atoms with Gasteiger partial charge in [-0.1, -0.05) is 19.1 Å². The number of para-hydroxylation sites is 2. The van der Waals surface area contributed by atoms with Crippen LogP contribution >= 0.6 is 0 Å². The number of carbonyl (C=O) groups excluding carboxylic acids is 1. The Kier molecular flexibility index (Phi) is 7.98. The Bertz CT molecular complexity index is 1030. The molecule has 1 heterocycles. The molecule has 0 aromatic heterocycles. The summed E-state index contributed by atoms with van der Waals surface area (Å²) in [7, 11) is -0.774. The number of hydrogen-bond acceptors (Lipinski definition) is 7. The van der Waals surface area contributed by atoms with E-state index in [1.54, 1.807) is 24.3 Å². The molecule has 8 nitrogen and oxygen atoms in total. The van der Waals surface area contributed by atoms with Gasteiger partial charge in [-0.3, -0.25) is 4.79 Å². The Morgan fingerprint density at radius 3 is 2.25 bits per heavy atom. The molecule has 0 saturated carbocycles. The summed E-state index contributed by atoms with van der Waals surface area (Å²) in [6, 6.07) is 11.6. The van der Waals surface area contributed by atoms with Gasteiger partial charge in [-0.25, -0.2) is 8.42 Å². The highest BCUT2D eigenvalue weighted by molar-refractivity contribution is 7.89. The number of sulfonamides is 1. The van der Waals surface area contributed by atoms with Gasteiger partial charge in [0.25, 0.3) is 0 Å². The van der Waals surface area contributed by atoms with Gasteiger partial charge in [-0.15, -0.1) is 0 Å². The Labute approximate surface area is 189 Å². The van der Waals surface area contributed by atoms with Crippen LogP contribution in [0.3, 0.4) is 0 Å². The summed E-state index contributed by atoms with van der Waals surface area (Å²) in [6.07, 6.45) is 1.60. The van der Waals surface area contributed by atoms with Gasteiger partial charge in [0.1, 0.15) is 0 Å². The SMILES string of the molecule is CCCOc1ccccc1OC(=O)C1CCN(S(=O)(=O)c2ccc(OC)c(OC)c2)CC1. The van der Waals surface area contributed by atoms with Crippen molar-refractivity contribution >= 4 is 16.0 Å². The number of benzene rings is 2. The predicted octanol–water partition coefficient (Wildman–Crippen LogP) is 3.50. The first-order valence-corrected chi connectivity index (χ1v) is 12.0. The fourth-order valence-corrected chi connectivity index (χ4v) is 5.00. The van der Waals surface area contributed by atoms with Gasteiger partial charge in [0.15, 0.2) is 23.0 Å². The zero-order valence-corrected chi connectivity index (χ0v) is 19.4. The zero-order valence-electron chi connectivity index (χ0n) is 18.6. The van der Waals surface area contributed by atoms with Crippen LogP contribution in [0.4, 0.5) is 0 Å². The minimum atomic E-state index is -3.72. The molecule has 0 atom stereocenters. The van der Waals surface area contributed by atoms with E-state index in [9.17, 15) is 13.2 Å². The molecule has 1 saturated heterocycles. The lowest BCUT2D eigenvalue weighted by atomic mass is 9.98. The van der Waals surface area contributed by atoms with Crippen molar-refractivity contribution in [2.45, 2.75) is 31.1 Å². The van der Waals surface area contributed by atoms with Crippen molar-refractivity contribution in [3.8, 4) is 23.0 Å². The lowest BCUT2D eigenvalue weighted by Gasteiger charge is -2.30. The number of rotatable bonds is 9. The Morgan fingerprint density at radius 1 is 0.969 bits per heavy atom. The van der Waals surface area contributed by atoms with Crippen LogP contribution in [0.15, 0.2) is 47.4 Å². The van der Waals surface area contributed by atoms with Gasteiger partial charge in [-0.05, 0) is 43.5 Å². The third-order valence-corrected chi connectivity index (χ3v) is 7.20. The van der Waals surface area contributed by atoms with E-state index in [1.165, 1.54) is 30.7 Å². The first kappa shape index (κ1) is 23.9. The van der Waals surface area contributed by atoms with Gasteiger partial charge in [0, 0.05) is 19.2 Å². The van der Waals surface area contributed by atoms with Crippen LogP contribution in [0.5, 0.6) is 23.0 Å². The van der Waals surface area contributed by atoms with Crippen LogP contribution in [-0.4, -0.2) is 52.6 Å². The van der Waals surface area contributed by atoms with E-state index >= 15 is 0 Å². The van der Waals surface area contributed by atoms with Crippen LogP contribution in [0.25, 0.3) is 0 Å².